The van der Waals surface area contributed by atoms with Crippen molar-refractivity contribution in [1.29, 1.82) is 0 Å². The predicted octanol–water partition coefficient (Wildman–Crippen LogP) is 2.32. The maximum atomic E-state index is 5.75. The Hall–Kier alpha value is -1.97. The largest absolute Gasteiger partial charge is 0.494 e. The van der Waals surface area contributed by atoms with Crippen molar-refractivity contribution in [2.75, 3.05) is 12.3 Å². The zero-order valence-electron chi connectivity index (χ0n) is 8.43. The molecule has 0 amide bonds. The van der Waals surface area contributed by atoms with Gasteiger partial charge < -0.3 is 14.9 Å². The van der Waals surface area contributed by atoms with E-state index in [0.717, 1.165) is 11.3 Å². The number of nitrogens with two attached hydrogens (primary N) is 1. The van der Waals surface area contributed by atoms with Gasteiger partial charge in [0.25, 0.3) is 0 Å². The van der Waals surface area contributed by atoms with Crippen molar-refractivity contribution < 1.29 is 9.15 Å². The highest BCUT2D eigenvalue weighted by Crippen LogP contribution is 2.26. The molecule has 0 saturated heterocycles. The highest BCUT2D eigenvalue weighted by molar-refractivity contribution is 5.63. The fraction of sp³-hybridized carbons (Fsp3) is 0.182. The van der Waals surface area contributed by atoms with E-state index in [-0.39, 0.29) is 0 Å². The topological polar surface area (TPSA) is 61.3 Å². The van der Waals surface area contributed by atoms with Crippen LogP contribution >= 0.6 is 0 Å². The average Bonchev–Trinajstić information content (AvgIpc) is 2.70. The van der Waals surface area contributed by atoms with Gasteiger partial charge in [0.1, 0.15) is 12.0 Å². The molecule has 1 heterocycles. The zero-order valence-corrected chi connectivity index (χ0v) is 8.43. The Balaban J connectivity index is 2.40. The van der Waals surface area contributed by atoms with Crippen LogP contribution in [0.15, 0.2) is 35.1 Å². The summed E-state index contributed by atoms with van der Waals surface area (Å²) in [4.78, 5) is 4.05. The molecule has 2 rings (SSSR count). The molecule has 0 aliphatic rings. The van der Waals surface area contributed by atoms with Gasteiger partial charge in [-0.2, -0.15) is 0 Å². The first-order chi connectivity index (χ1) is 7.29. The quantitative estimate of drug-likeness (QED) is 0.779. The fourth-order valence-corrected chi connectivity index (χ4v) is 1.36. The summed E-state index contributed by atoms with van der Waals surface area (Å²) in [5, 5.41) is 0. The summed E-state index contributed by atoms with van der Waals surface area (Å²) in [6, 6.07) is 5.43. The first-order valence-corrected chi connectivity index (χ1v) is 4.73. The third-order valence-electron chi connectivity index (χ3n) is 1.92. The van der Waals surface area contributed by atoms with Gasteiger partial charge in [0.05, 0.1) is 12.8 Å². The molecule has 1 aromatic carbocycles. The molecule has 0 radical (unpaired) electrons. The van der Waals surface area contributed by atoms with Gasteiger partial charge in [-0.25, -0.2) is 4.98 Å². The zero-order chi connectivity index (χ0) is 10.7. The van der Waals surface area contributed by atoms with Gasteiger partial charge in [-0.05, 0) is 19.1 Å². The number of nitrogens with zero attached hydrogens (tertiary/aromatic N) is 1. The van der Waals surface area contributed by atoms with E-state index in [2.05, 4.69) is 4.98 Å². The maximum Gasteiger partial charge on any atom is 0.226 e. The van der Waals surface area contributed by atoms with E-state index in [4.69, 9.17) is 14.9 Å². The number of anilines is 1. The van der Waals surface area contributed by atoms with E-state index >= 15 is 0 Å². The second-order valence-electron chi connectivity index (χ2n) is 3.06. The Bertz CT molecular complexity index is 438. The van der Waals surface area contributed by atoms with E-state index in [1.807, 2.05) is 13.0 Å². The molecule has 1 aromatic heterocycles. The normalized spacial score (nSPS) is 10.2. The molecule has 78 valence electrons. The van der Waals surface area contributed by atoms with Crippen LogP contribution in [-0.2, 0) is 0 Å². The summed E-state index contributed by atoms with van der Waals surface area (Å²) in [5.74, 6) is 1.27. The van der Waals surface area contributed by atoms with Gasteiger partial charge in [-0.15, -0.1) is 0 Å². The van der Waals surface area contributed by atoms with Crippen LogP contribution in [0.1, 0.15) is 6.92 Å². The third kappa shape index (κ3) is 2.10. The Morgan fingerprint density at radius 1 is 1.40 bits per heavy atom. The van der Waals surface area contributed by atoms with Crippen molar-refractivity contribution in [3.63, 3.8) is 0 Å². The molecule has 4 nitrogen and oxygen atoms in total. The number of hydrogen-bond donors (Lipinski definition) is 1. The lowest BCUT2D eigenvalue weighted by Crippen LogP contribution is -1.94. The van der Waals surface area contributed by atoms with Crippen molar-refractivity contribution >= 4 is 5.69 Å². The molecule has 4 heteroatoms. The van der Waals surface area contributed by atoms with Crippen molar-refractivity contribution in [1.82, 2.24) is 4.98 Å². The van der Waals surface area contributed by atoms with E-state index in [9.17, 15) is 0 Å². The Morgan fingerprint density at radius 2 is 2.27 bits per heavy atom. The van der Waals surface area contributed by atoms with Gasteiger partial charge in [0.15, 0.2) is 0 Å². The number of ether oxygens (including phenoxy) is 1. The number of hydrogen-bond acceptors (Lipinski definition) is 4. The SMILES string of the molecule is CCOc1cc(N)cc(-c2ncco2)c1. The van der Waals surface area contributed by atoms with Gasteiger partial charge in [-0.1, -0.05) is 0 Å². The smallest absolute Gasteiger partial charge is 0.226 e. The molecule has 0 saturated carbocycles. The lowest BCUT2D eigenvalue weighted by molar-refractivity contribution is 0.340. The van der Waals surface area contributed by atoms with Crippen molar-refractivity contribution in [3.8, 4) is 17.2 Å². The maximum absolute atomic E-state index is 5.75. The Labute approximate surface area is 87.7 Å². The van der Waals surface area contributed by atoms with Crippen LogP contribution in [0.4, 0.5) is 5.69 Å². The van der Waals surface area contributed by atoms with Crippen LogP contribution < -0.4 is 10.5 Å². The first-order valence-electron chi connectivity index (χ1n) is 4.73. The number of benzene rings is 1. The summed E-state index contributed by atoms with van der Waals surface area (Å²) in [6.07, 6.45) is 3.12. The molecule has 15 heavy (non-hydrogen) atoms. The second-order valence-corrected chi connectivity index (χ2v) is 3.06. The minimum absolute atomic E-state index is 0.545. The molecule has 0 unspecified atom stereocenters. The minimum atomic E-state index is 0.545. The summed E-state index contributed by atoms with van der Waals surface area (Å²) in [7, 11) is 0. The van der Waals surface area contributed by atoms with Gasteiger partial charge in [-0.3, -0.25) is 0 Å². The number of rotatable bonds is 3. The van der Waals surface area contributed by atoms with Crippen LogP contribution in [0, 0.1) is 0 Å². The van der Waals surface area contributed by atoms with Crippen LogP contribution in [0.25, 0.3) is 11.5 Å². The monoisotopic (exact) mass is 204 g/mol. The molecule has 0 aliphatic heterocycles. The highest BCUT2D eigenvalue weighted by atomic mass is 16.5. The molecule has 0 aliphatic carbocycles. The summed E-state index contributed by atoms with van der Waals surface area (Å²) < 4.78 is 10.6. The van der Waals surface area contributed by atoms with Gasteiger partial charge >= 0.3 is 0 Å². The minimum Gasteiger partial charge on any atom is -0.494 e. The summed E-state index contributed by atoms with van der Waals surface area (Å²) >= 11 is 0. The van der Waals surface area contributed by atoms with Crippen LogP contribution in [0.3, 0.4) is 0 Å². The third-order valence-corrected chi connectivity index (χ3v) is 1.92. The van der Waals surface area contributed by atoms with E-state index in [0.29, 0.717) is 18.2 Å². The average molecular weight is 204 g/mol. The van der Waals surface area contributed by atoms with Gasteiger partial charge in [0, 0.05) is 17.3 Å². The van der Waals surface area contributed by atoms with Crippen LogP contribution in [0.2, 0.25) is 0 Å². The molecular formula is C11H12N2O2. The van der Waals surface area contributed by atoms with E-state index < -0.39 is 0 Å². The fourth-order valence-electron chi connectivity index (χ4n) is 1.36. The lowest BCUT2D eigenvalue weighted by Gasteiger charge is -2.05. The Kier molecular flexibility index (Phi) is 2.58. The van der Waals surface area contributed by atoms with Gasteiger partial charge in [0.2, 0.25) is 5.89 Å². The molecule has 0 atom stereocenters. The number of aromatic nitrogens is 1. The second kappa shape index (κ2) is 4.04. The van der Waals surface area contributed by atoms with Crippen molar-refractivity contribution in [3.05, 3.63) is 30.7 Å². The highest BCUT2D eigenvalue weighted by Gasteiger charge is 2.05. The van der Waals surface area contributed by atoms with Crippen molar-refractivity contribution in [2.45, 2.75) is 6.92 Å². The molecule has 0 spiro atoms. The predicted molar refractivity (Wildman–Crippen MR) is 57.5 cm³/mol. The molecular weight excluding hydrogens is 192 g/mol. The summed E-state index contributed by atoms with van der Waals surface area (Å²) in [5.41, 5.74) is 7.20. The van der Waals surface area contributed by atoms with E-state index in [1.54, 1.807) is 18.3 Å². The first kappa shape index (κ1) is 9.58. The van der Waals surface area contributed by atoms with E-state index in [1.165, 1.54) is 6.26 Å². The molecule has 0 fully saturated rings. The molecule has 2 aromatic rings. The number of oxazole rings is 1. The van der Waals surface area contributed by atoms with Crippen molar-refractivity contribution in [2.24, 2.45) is 0 Å². The lowest BCUT2D eigenvalue weighted by atomic mass is 10.2. The van der Waals surface area contributed by atoms with Crippen LogP contribution in [-0.4, -0.2) is 11.6 Å². The van der Waals surface area contributed by atoms with Crippen LogP contribution in [0.5, 0.6) is 5.75 Å². The molecule has 0 bridgehead atoms. The number of nitrogen functional groups attached to an aromatic ring is 1. The summed E-state index contributed by atoms with van der Waals surface area (Å²) in [6.45, 7) is 2.53. The molecule has 2 N–H and O–H groups in total. The standard InChI is InChI=1S/C11H12N2O2/c1-2-14-10-6-8(5-9(12)7-10)11-13-3-4-15-11/h3-7H,2,12H2,1H3. The Morgan fingerprint density at radius 3 is 2.93 bits per heavy atom.